The van der Waals surface area contributed by atoms with Gasteiger partial charge in [-0.15, -0.1) is 5.10 Å². The maximum atomic E-state index is 13.3. The molecule has 118 valence electrons. The highest BCUT2D eigenvalue weighted by Gasteiger charge is 2.10. The first kappa shape index (κ1) is 15.6. The van der Waals surface area contributed by atoms with E-state index >= 15 is 0 Å². The van der Waals surface area contributed by atoms with E-state index in [4.69, 9.17) is 0 Å². The fraction of sp³-hybridized carbons (Fsp3) is 0.105. The summed E-state index contributed by atoms with van der Waals surface area (Å²) in [4.78, 5) is 0. The van der Waals surface area contributed by atoms with E-state index in [-0.39, 0.29) is 11.5 Å². The Bertz CT molecular complexity index is 917. The molecular weight excluding hydrogens is 303 g/mol. The summed E-state index contributed by atoms with van der Waals surface area (Å²) in [5.74, 6) is -0.301. The molecule has 0 aliphatic carbocycles. The molecule has 0 amide bonds. The van der Waals surface area contributed by atoms with E-state index < -0.39 is 0 Å². The monoisotopic (exact) mass is 318 g/mol. The first-order chi connectivity index (χ1) is 11.7. The molecule has 0 saturated heterocycles. The molecule has 24 heavy (non-hydrogen) atoms. The van der Waals surface area contributed by atoms with Crippen LogP contribution in [0.2, 0.25) is 0 Å². The molecule has 0 bridgehead atoms. The lowest BCUT2D eigenvalue weighted by Gasteiger charge is -2.04. The number of aromatic nitrogens is 3. The molecule has 0 N–H and O–H groups in total. The van der Waals surface area contributed by atoms with E-state index in [0.717, 1.165) is 11.1 Å². The van der Waals surface area contributed by atoms with E-state index in [2.05, 4.69) is 10.3 Å². The largest absolute Gasteiger partial charge is 0.239 e. The molecule has 3 rings (SSSR count). The van der Waals surface area contributed by atoms with Gasteiger partial charge in [0.1, 0.15) is 11.9 Å². The van der Waals surface area contributed by atoms with Gasteiger partial charge in [-0.3, -0.25) is 0 Å². The van der Waals surface area contributed by atoms with Crippen molar-refractivity contribution >= 4 is 12.2 Å². The predicted octanol–water partition coefficient (Wildman–Crippen LogP) is 3.82. The van der Waals surface area contributed by atoms with Crippen molar-refractivity contribution in [3.8, 4) is 6.07 Å². The summed E-state index contributed by atoms with van der Waals surface area (Å²) in [5.41, 5.74) is 3.80. The molecule has 0 aliphatic rings. The lowest BCUT2D eigenvalue weighted by atomic mass is 10.1. The minimum atomic E-state index is -0.301. The van der Waals surface area contributed by atoms with Crippen LogP contribution in [0.3, 0.4) is 0 Å². The molecule has 5 heteroatoms. The van der Waals surface area contributed by atoms with Crippen molar-refractivity contribution in [3.05, 3.63) is 82.4 Å². The minimum absolute atomic E-state index is 0.245. The molecule has 0 saturated carbocycles. The van der Waals surface area contributed by atoms with Crippen LogP contribution < -0.4 is 0 Å². The maximum absolute atomic E-state index is 13.3. The molecule has 4 nitrogen and oxygen atoms in total. The topological polar surface area (TPSA) is 54.5 Å². The van der Waals surface area contributed by atoms with Crippen LogP contribution in [0, 0.1) is 24.1 Å². The zero-order chi connectivity index (χ0) is 16.9. The van der Waals surface area contributed by atoms with Gasteiger partial charge in [0, 0.05) is 0 Å². The molecule has 0 aliphatic heterocycles. The number of hydrogen-bond acceptors (Lipinski definition) is 3. The Kier molecular flexibility index (Phi) is 4.48. The van der Waals surface area contributed by atoms with Gasteiger partial charge in [-0.1, -0.05) is 53.3 Å². The summed E-state index contributed by atoms with van der Waals surface area (Å²) >= 11 is 0. The van der Waals surface area contributed by atoms with Crippen LogP contribution in [0.1, 0.15) is 28.1 Å². The van der Waals surface area contributed by atoms with Gasteiger partial charge in [-0.05, 0) is 36.3 Å². The number of benzene rings is 2. The zero-order valence-corrected chi connectivity index (χ0v) is 13.1. The molecule has 0 atom stereocenters. The van der Waals surface area contributed by atoms with Gasteiger partial charge in [0.25, 0.3) is 0 Å². The molecule has 0 unspecified atom stereocenters. The smallest absolute Gasteiger partial charge is 0.190 e. The Morgan fingerprint density at radius 3 is 2.67 bits per heavy atom. The average Bonchev–Trinajstić information content (AvgIpc) is 2.96. The van der Waals surface area contributed by atoms with Gasteiger partial charge in [0.05, 0.1) is 12.2 Å². The highest BCUT2D eigenvalue weighted by atomic mass is 19.1. The molecule has 3 aromatic rings. The Labute approximate surface area is 139 Å². The van der Waals surface area contributed by atoms with E-state index in [1.165, 1.54) is 17.7 Å². The second kappa shape index (κ2) is 6.88. The first-order valence-corrected chi connectivity index (χ1v) is 7.48. The zero-order valence-electron chi connectivity index (χ0n) is 13.1. The fourth-order valence-corrected chi connectivity index (χ4v) is 2.34. The molecule has 1 heterocycles. The van der Waals surface area contributed by atoms with Crippen molar-refractivity contribution < 1.29 is 4.39 Å². The molecule has 0 fully saturated rings. The molecule has 1 aromatic heterocycles. The van der Waals surface area contributed by atoms with Crippen molar-refractivity contribution in [2.75, 3.05) is 0 Å². The van der Waals surface area contributed by atoms with E-state index in [1.54, 1.807) is 10.7 Å². The molecule has 0 spiro atoms. The third-order valence-electron chi connectivity index (χ3n) is 3.61. The van der Waals surface area contributed by atoms with Gasteiger partial charge in [-0.25, -0.2) is 9.07 Å². The maximum Gasteiger partial charge on any atom is 0.190 e. The van der Waals surface area contributed by atoms with Crippen molar-refractivity contribution in [1.82, 2.24) is 15.0 Å². The first-order valence-electron chi connectivity index (χ1n) is 7.48. The lowest BCUT2D eigenvalue weighted by molar-refractivity contribution is 0.613. The van der Waals surface area contributed by atoms with Crippen molar-refractivity contribution in [2.24, 2.45) is 0 Å². The van der Waals surface area contributed by atoms with E-state index in [1.807, 2.05) is 55.5 Å². The van der Waals surface area contributed by atoms with Crippen LogP contribution in [0.5, 0.6) is 0 Å². The van der Waals surface area contributed by atoms with Crippen LogP contribution in [-0.2, 0) is 6.54 Å². The van der Waals surface area contributed by atoms with Gasteiger partial charge in [0.15, 0.2) is 5.69 Å². The summed E-state index contributed by atoms with van der Waals surface area (Å²) in [6.45, 7) is 2.37. The summed E-state index contributed by atoms with van der Waals surface area (Å²) in [7, 11) is 0. The van der Waals surface area contributed by atoms with Crippen LogP contribution in [-0.4, -0.2) is 15.0 Å². The standard InChI is InChI=1S/C19H15FN4/c1-14-5-7-15(8-6-14)9-10-19-18(12-21)22-23-24(19)13-16-3-2-4-17(20)11-16/h2-11H,13H2,1H3/b10-9+. The van der Waals surface area contributed by atoms with Crippen LogP contribution >= 0.6 is 0 Å². The number of aryl methyl sites for hydroxylation is 1. The van der Waals surface area contributed by atoms with Gasteiger partial charge < -0.3 is 0 Å². The Morgan fingerprint density at radius 1 is 1.17 bits per heavy atom. The Hall–Kier alpha value is -3.26. The normalized spacial score (nSPS) is 10.9. The fourth-order valence-electron chi connectivity index (χ4n) is 2.34. The summed E-state index contributed by atoms with van der Waals surface area (Å²) in [5, 5.41) is 17.1. The van der Waals surface area contributed by atoms with Crippen molar-refractivity contribution in [1.29, 1.82) is 5.26 Å². The summed E-state index contributed by atoms with van der Waals surface area (Å²) in [6, 6.07) is 16.4. The Balaban J connectivity index is 1.90. The Morgan fingerprint density at radius 2 is 1.96 bits per heavy atom. The number of hydrogen-bond donors (Lipinski definition) is 0. The van der Waals surface area contributed by atoms with Gasteiger partial charge in [-0.2, -0.15) is 5.26 Å². The number of rotatable bonds is 4. The highest BCUT2D eigenvalue weighted by molar-refractivity contribution is 5.70. The van der Waals surface area contributed by atoms with E-state index in [0.29, 0.717) is 12.2 Å². The van der Waals surface area contributed by atoms with Crippen molar-refractivity contribution in [2.45, 2.75) is 13.5 Å². The third-order valence-corrected chi connectivity index (χ3v) is 3.61. The molecule has 2 aromatic carbocycles. The van der Waals surface area contributed by atoms with Crippen LogP contribution in [0.25, 0.3) is 12.2 Å². The lowest BCUT2D eigenvalue weighted by Crippen LogP contribution is -2.04. The summed E-state index contributed by atoms with van der Waals surface area (Å²) < 4.78 is 14.9. The van der Waals surface area contributed by atoms with E-state index in [9.17, 15) is 9.65 Å². The molecular formula is C19H15FN4. The van der Waals surface area contributed by atoms with Crippen LogP contribution in [0.4, 0.5) is 4.39 Å². The minimum Gasteiger partial charge on any atom is -0.239 e. The quantitative estimate of drug-likeness (QED) is 0.735. The SMILES string of the molecule is Cc1ccc(/C=C/c2c(C#N)nnn2Cc2cccc(F)c2)cc1. The third kappa shape index (κ3) is 3.55. The summed E-state index contributed by atoms with van der Waals surface area (Å²) in [6.07, 6.45) is 3.71. The second-order valence-electron chi connectivity index (χ2n) is 5.47. The highest BCUT2D eigenvalue weighted by Crippen LogP contribution is 2.14. The number of nitriles is 1. The average molecular weight is 318 g/mol. The second-order valence-corrected chi connectivity index (χ2v) is 5.47. The van der Waals surface area contributed by atoms with Gasteiger partial charge in [0.2, 0.25) is 0 Å². The van der Waals surface area contributed by atoms with Gasteiger partial charge >= 0.3 is 0 Å². The van der Waals surface area contributed by atoms with Crippen molar-refractivity contribution in [3.63, 3.8) is 0 Å². The molecule has 0 radical (unpaired) electrons. The number of halogens is 1. The number of nitrogens with zero attached hydrogens (tertiary/aromatic N) is 4. The predicted molar refractivity (Wildman–Crippen MR) is 90.3 cm³/mol. The van der Waals surface area contributed by atoms with Crippen LogP contribution in [0.15, 0.2) is 48.5 Å².